The number of sulfonamides is 1. The average Bonchev–Trinajstić information content (AvgIpc) is 2.82. The van der Waals surface area contributed by atoms with Crippen molar-refractivity contribution in [3.05, 3.63) is 64.1 Å². The highest BCUT2D eigenvalue weighted by atomic mass is 35.5. The van der Waals surface area contributed by atoms with Crippen LogP contribution in [0.2, 0.25) is 10.0 Å². The first-order chi connectivity index (χ1) is 17.0. The molecule has 0 heterocycles. The summed E-state index contributed by atoms with van der Waals surface area (Å²) in [6.07, 6.45) is 2.67. The second kappa shape index (κ2) is 13.9. The molecule has 0 unspecified atom stereocenters. The van der Waals surface area contributed by atoms with Gasteiger partial charge in [-0.1, -0.05) is 61.3 Å². The van der Waals surface area contributed by atoms with Crippen LogP contribution in [0.25, 0.3) is 0 Å². The molecule has 0 saturated carbocycles. The van der Waals surface area contributed by atoms with Gasteiger partial charge in [0.2, 0.25) is 21.8 Å². The minimum atomic E-state index is -3.53. The van der Waals surface area contributed by atoms with Crippen LogP contribution in [-0.4, -0.2) is 50.0 Å². The van der Waals surface area contributed by atoms with Gasteiger partial charge in [0.25, 0.3) is 0 Å². The largest absolute Gasteiger partial charge is 0.352 e. The number of nitrogens with one attached hydrogen (secondary N) is 1. The van der Waals surface area contributed by atoms with Crippen molar-refractivity contribution >= 4 is 50.7 Å². The Hall–Kier alpha value is -2.29. The maximum absolute atomic E-state index is 13.5. The van der Waals surface area contributed by atoms with Crippen LogP contribution in [0.15, 0.2) is 48.5 Å². The number of para-hydroxylation sites is 1. The summed E-state index contributed by atoms with van der Waals surface area (Å²) in [7, 11) is -3.53. The molecule has 2 aromatic carbocycles. The van der Waals surface area contributed by atoms with Crippen LogP contribution < -0.4 is 9.62 Å². The first-order valence-electron chi connectivity index (χ1n) is 12.0. The highest BCUT2D eigenvalue weighted by molar-refractivity contribution is 7.92. The van der Waals surface area contributed by atoms with Crippen molar-refractivity contribution in [2.24, 2.45) is 0 Å². The van der Waals surface area contributed by atoms with E-state index in [1.807, 2.05) is 26.8 Å². The third-order valence-electron chi connectivity index (χ3n) is 5.94. The van der Waals surface area contributed by atoms with E-state index in [2.05, 4.69) is 5.32 Å². The molecular weight excluding hydrogens is 521 g/mol. The molecule has 0 radical (unpaired) electrons. The lowest BCUT2D eigenvalue weighted by Crippen LogP contribution is -2.50. The molecular formula is C26H35Cl2N3O4S. The summed E-state index contributed by atoms with van der Waals surface area (Å²) in [6, 6.07) is 13.1. The van der Waals surface area contributed by atoms with Gasteiger partial charge in [-0.2, -0.15) is 0 Å². The number of benzene rings is 2. The minimum absolute atomic E-state index is 0.0307. The van der Waals surface area contributed by atoms with Crippen LogP contribution in [0.5, 0.6) is 0 Å². The standard InChI is InChI=1S/C26H35Cl2N3O4S/c1-5-19(3)29-26(33)24(6-2)30(18-20-14-15-21(27)17-23(20)28)25(32)13-10-16-31(36(4,34)35)22-11-8-7-9-12-22/h7-9,11-12,14-15,17,19,24H,5-6,10,13,16,18H2,1-4H3,(H,29,33)/t19-,24-/m1/s1. The molecule has 36 heavy (non-hydrogen) atoms. The normalized spacial score (nSPS) is 13.1. The van der Waals surface area contributed by atoms with E-state index in [9.17, 15) is 18.0 Å². The van der Waals surface area contributed by atoms with Crippen molar-refractivity contribution in [2.75, 3.05) is 17.1 Å². The molecule has 0 bridgehead atoms. The van der Waals surface area contributed by atoms with Crippen molar-refractivity contribution < 1.29 is 18.0 Å². The van der Waals surface area contributed by atoms with Gasteiger partial charge >= 0.3 is 0 Å². The number of hydrogen-bond acceptors (Lipinski definition) is 4. The molecule has 0 spiro atoms. The zero-order chi connectivity index (χ0) is 26.9. The molecule has 2 atom stereocenters. The van der Waals surface area contributed by atoms with Crippen LogP contribution in [0, 0.1) is 0 Å². The van der Waals surface area contributed by atoms with Gasteiger partial charge in [-0.15, -0.1) is 0 Å². The van der Waals surface area contributed by atoms with Crippen molar-refractivity contribution in [3.8, 4) is 0 Å². The predicted octanol–water partition coefficient (Wildman–Crippen LogP) is 5.26. The number of carbonyl (C=O) groups is 2. The first-order valence-corrected chi connectivity index (χ1v) is 14.6. The van der Waals surface area contributed by atoms with Gasteiger partial charge in [-0.3, -0.25) is 13.9 Å². The van der Waals surface area contributed by atoms with E-state index in [4.69, 9.17) is 23.2 Å². The Labute approximate surface area is 224 Å². The molecule has 0 fully saturated rings. The molecule has 0 aromatic heterocycles. The Balaban J connectivity index is 2.25. The smallest absolute Gasteiger partial charge is 0.243 e. The maximum Gasteiger partial charge on any atom is 0.243 e. The zero-order valence-corrected chi connectivity index (χ0v) is 23.5. The van der Waals surface area contributed by atoms with E-state index < -0.39 is 16.1 Å². The summed E-state index contributed by atoms with van der Waals surface area (Å²) < 4.78 is 26.0. The Morgan fingerprint density at radius 3 is 2.25 bits per heavy atom. The van der Waals surface area contributed by atoms with Crippen LogP contribution in [0.1, 0.15) is 52.0 Å². The van der Waals surface area contributed by atoms with Crippen molar-refractivity contribution in [3.63, 3.8) is 0 Å². The predicted molar refractivity (Wildman–Crippen MR) is 147 cm³/mol. The molecule has 10 heteroatoms. The van der Waals surface area contributed by atoms with E-state index in [1.54, 1.807) is 42.5 Å². The van der Waals surface area contributed by atoms with Crippen molar-refractivity contribution in [2.45, 2.75) is 65.1 Å². The monoisotopic (exact) mass is 555 g/mol. The number of rotatable bonds is 13. The summed E-state index contributed by atoms with van der Waals surface area (Å²) in [5, 5.41) is 3.85. The van der Waals surface area contributed by atoms with Crippen LogP contribution in [0.3, 0.4) is 0 Å². The van der Waals surface area contributed by atoms with Crippen molar-refractivity contribution in [1.82, 2.24) is 10.2 Å². The maximum atomic E-state index is 13.5. The fraction of sp³-hybridized carbons (Fsp3) is 0.462. The Morgan fingerprint density at radius 1 is 1.03 bits per heavy atom. The van der Waals surface area contributed by atoms with E-state index >= 15 is 0 Å². The molecule has 7 nitrogen and oxygen atoms in total. The summed E-state index contributed by atoms with van der Waals surface area (Å²) in [4.78, 5) is 28.1. The lowest BCUT2D eigenvalue weighted by atomic mass is 10.1. The summed E-state index contributed by atoms with van der Waals surface area (Å²) in [5.41, 5.74) is 1.21. The Morgan fingerprint density at radius 2 is 1.69 bits per heavy atom. The summed E-state index contributed by atoms with van der Waals surface area (Å²) in [6.45, 7) is 6.01. The van der Waals surface area contributed by atoms with Crippen molar-refractivity contribution in [1.29, 1.82) is 0 Å². The second-order valence-electron chi connectivity index (χ2n) is 8.77. The Kier molecular flexibility index (Phi) is 11.5. The lowest BCUT2D eigenvalue weighted by Gasteiger charge is -2.32. The molecule has 2 rings (SSSR count). The van der Waals surface area contributed by atoms with Gasteiger partial charge in [0.05, 0.1) is 11.9 Å². The topological polar surface area (TPSA) is 86.8 Å². The lowest BCUT2D eigenvalue weighted by molar-refractivity contribution is -0.141. The average molecular weight is 557 g/mol. The SMILES string of the molecule is CC[C@@H](C)NC(=O)[C@@H](CC)N(Cc1ccc(Cl)cc1Cl)C(=O)CCCN(c1ccccc1)S(C)(=O)=O. The third kappa shape index (κ3) is 8.68. The van der Waals surface area contributed by atoms with Crippen LogP contribution >= 0.6 is 23.2 Å². The van der Waals surface area contributed by atoms with Gasteiger partial charge in [0.1, 0.15) is 6.04 Å². The molecule has 0 aliphatic rings. The van der Waals surface area contributed by atoms with Crippen LogP contribution in [-0.2, 0) is 26.2 Å². The number of carbonyl (C=O) groups excluding carboxylic acids is 2. The van der Waals surface area contributed by atoms with Gasteiger partial charge < -0.3 is 10.2 Å². The van der Waals surface area contributed by atoms with Gasteiger partial charge in [-0.05, 0) is 56.0 Å². The minimum Gasteiger partial charge on any atom is -0.352 e. The van der Waals surface area contributed by atoms with E-state index in [0.29, 0.717) is 27.7 Å². The first kappa shape index (κ1) is 29.9. The van der Waals surface area contributed by atoms with E-state index in [1.165, 1.54) is 9.21 Å². The highest BCUT2D eigenvalue weighted by Crippen LogP contribution is 2.25. The zero-order valence-electron chi connectivity index (χ0n) is 21.2. The number of anilines is 1. The number of amides is 2. The third-order valence-corrected chi connectivity index (χ3v) is 7.72. The molecule has 0 aliphatic heterocycles. The van der Waals surface area contributed by atoms with E-state index in [-0.39, 0.29) is 43.8 Å². The Bertz CT molecular complexity index is 1130. The number of halogens is 2. The summed E-state index contributed by atoms with van der Waals surface area (Å²) >= 11 is 12.4. The quantitative estimate of drug-likeness (QED) is 0.365. The van der Waals surface area contributed by atoms with Gasteiger partial charge in [-0.25, -0.2) is 8.42 Å². The summed E-state index contributed by atoms with van der Waals surface area (Å²) in [5.74, 6) is -0.485. The molecule has 0 aliphatic carbocycles. The van der Waals surface area contributed by atoms with Gasteiger partial charge in [0, 0.05) is 35.6 Å². The molecule has 2 aromatic rings. The van der Waals surface area contributed by atoms with Crippen LogP contribution in [0.4, 0.5) is 5.69 Å². The molecule has 2 amide bonds. The molecule has 1 N–H and O–H groups in total. The fourth-order valence-corrected chi connectivity index (χ4v) is 5.23. The van der Waals surface area contributed by atoms with Gasteiger partial charge in [0.15, 0.2) is 0 Å². The highest BCUT2D eigenvalue weighted by Gasteiger charge is 2.30. The molecule has 198 valence electrons. The van der Waals surface area contributed by atoms with E-state index in [0.717, 1.165) is 12.7 Å². The molecule has 0 saturated heterocycles. The second-order valence-corrected chi connectivity index (χ2v) is 11.5. The number of hydrogen-bond donors (Lipinski definition) is 1. The fourth-order valence-electron chi connectivity index (χ4n) is 3.79. The number of nitrogens with zero attached hydrogens (tertiary/aromatic N) is 2.